The Bertz CT molecular complexity index is 117. The van der Waals surface area contributed by atoms with E-state index in [1.807, 2.05) is 0 Å². The molecule has 1 aliphatic rings. The third kappa shape index (κ3) is 18.2. The van der Waals surface area contributed by atoms with Gasteiger partial charge in [0, 0.05) is 26.4 Å². The second-order valence-electron chi connectivity index (χ2n) is 4.15. The van der Waals surface area contributed by atoms with Crippen molar-refractivity contribution in [1.29, 1.82) is 0 Å². The Kier molecular flexibility index (Phi) is 21.5. The topological polar surface area (TPSA) is 52.9 Å². The lowest BCUT2D eigenvalue weighted by atomic mass is 10.4. The zero-order valence-corrected chi connectivity index (χ0v) is 12.5. The molecule has 1 aliphatic heterocycles. The predicted molar refractivity (Wildman–Crippen MR) is 76.9 cm³/mol. The Balaban J connectivity index is 0. The molecule has 0 bridgehead atoms. The zero-order chi connectivity index (χ0) is 14.1. The lowest BCUT2D eigenvalue weighted by Crippen LogP contribution is -2.25. The van der Waals surface area contributed by atoms with Gasteiger partial charge in [-0.15, -0.1) is 0 Å². The maximum Gasteiger partial charge on any atom is 0.0558 e. The SMILES string of the molecule is C1CCOC1.CCCCO.CCN(CC)CCO. The second-order valence-corrected chi connectivity index (χ2v) is 4.15. The lowest BCUT2D eigenvalue weighted by molar-refractivity contribution is 0.198. The molecule has 0 radical (unpaired) electrons. The average molecular weight is 263 g/mol. The van der Waals surface area contributed by atoms with Crippen molar-refractivity contribution in [3.8, 4) is 0 Å². The molecule has 1 rings (SSSR count). The molecule has 0 amide bonds. The molecule has 1 heterocycles. The van der Waals surface area contributed by atoms with E-state index in [2.05, 4.69) is 25.7 Å². The number of nitrogens with zero attached hydrogens (tertiary/aromatic N) is 1. The Morgan fingerprint density at radius 3 is 1.61 bits per heavy atom. The van der Waals surface area contributed by atoms with Gasteiger partial charge in [-0.1, -0.05) is 27.2 Å². The van der Waals surface area contributed by atoms with Crippen LogP contribution in [0.15, 0.2) is 0 Å². The minimum Gasteiger partial charge on any atom is -0.396 e. The number of likely N-dealkylation sites (N-methyl/N-ethyl adjacent to an activating group) is 1. The normalized spacial score (nSPS) is 13.7. The quantitative estimate of drug-likeness (QED) is 0.768. The average Bonchev–Trinajstić information content (AvgIpc) is 2.97. The molecule has 0 saturated carbocycles. The fourth-order valence-electron chi connectivity index (χ4n) is 1.35. The summed E-state index contributed by atoms with van der Waals surface area (Å²) < 4.78 is 4.94. The standard InChI is InChI=1S/C6H15NO.C4H8O.C4H10O/c1-3-7(4-2)5-6-8;1-2-4-5-3-1;1-2-3-4-5/h8H,3-6H2,1-2H3;1-4H2;5H,2-4H2,1H3. The van der Waals surface area contributed by atoms with Gasteiger partial charge < -0.3 is 19.8 Å². The summed E-state index contributed by atoms with van der Waals surface area (Å²) in [4.78, 5) is 2.18. The summed E-state index contributed by atoms with van der Waals surface area (Å²) >= 11 is 0. The fraction of sp³-hybridized carbons (Fsp3) is 1.00. The third-order valence-electron chi connectivity index (χ3n) is 2.65. The van der Waals surface area contributed by atoms with E-state index in [9.17, 15) is 0 Å². The van der Waals surface area contributed by atoms with Crippen LogP contribution in [-0.4, -0.2) is 61.2 Å². The van der Waals surface area contributed by atoms with Gasteiger partial charge in [-0.25, -0.2) is 0 Å². The number of hydrogen-bond acceptors (Lipinski definition) is 4. The van der Waals surface area contributed by atoms with Gasteiger partial charge in [0.1, 0.15) is 0 Å². The van der Waals surface area contributed by atoms with Gasteiger partial charge in [-0.3, -0.25) is 0 Å². The fourth-order valence-corrected chi connectivity index (χ4v) is 1.35. The van der Waals surface area contributed by atoms with Crippen LogP contribution in [0.2, 0.25) is 0 Å². The van der Waals surface area contributed by atoms with Crippen LogP contribution in [0.25, 0.3) is 0 Å². The molecular weight excluding hydrogens is 230 g/mol. The molecule has 2 N–H and O–H groups in total. The number of ether oxygens (including phenoxy) is 1. The van der Waals surface area contributed by atoms with E-state index in [0.29, 0.717) is 6.61 Å². The molecule has 1 fully saturated rings. The minimum atomic E-state index is 0.279. The first-order chi connectivity index (χ1) is 8.76. The van der Waals surface area contributed by atoms with Crippen LogP contribution >= 0.6 is 0 Å². The molecule has 18 heavy (non-hydrogen) atoms. The second kappa shape index (κ2) is 19.2. The molecule has 0 unspecified atom stereocenters. The van der Waals surface area contributed by atoms with Crippen molar-refractivity contribution in [2.45, 2.75) is 46.5 Å². The van der Waals surface area contributed by atoms with Gasteiger partial charge in [0.05, 0.1) is 6.61 Å². The molecule has 4 heteroatoms. The Hall–Kier alpha value is -0.160. The first-order valence-corrected chi connectivity index (χ1v) is 7.28. The Labute approximate surface area is 113 Å². The third-order valence-corrected chi connectivity index (χ3v) is 2.65. The first kappa shape index (κ1) is 20.2. The molecule has 112 valence electrons. The summed E-state index contributed by atoms with van der Waals surface area (Å²) in [6, 6.07) is 0. The predicted octanol–water partition coefficient (Wildman–Crippen LogP) is 1.90. The van der Waals surface area contributed by atoms with E-state index in [4.69, 9.17) is 14.9 Å². The van der Waals surface area contributed by atoms with Crippen molar-refractivity contribution >= 4 is 0 Å². The highest BCUT2D eigenvalue weighted by molar-refractivity contribution is 4.47. The molecule has 0 aromatic rings. The molecule has 1 saturated heterocycles. The lowest BCUT2D eigenvalue weighted by Gasteiger charge is -2.15. The van der Waals surface area contributed by atoms with Gasteiger partial charge in [-0.2, -0.15) is 0 Å². The number of hydrogen-bond donors (Lipinski definition) is 2. The van der Waals surface area contributed by atoms with Crippen molar-refractivity contribution in [3.63, 3.8) is 0 Å². The summed E-state index contributed by atoms with van der Waals surface area (Å²) in [5.74, 6) is 0. The number of aliphatic hydroxyl groups excluding tert-OH is 2. The van der Waals surface area contributed by atoms with Crippen molar-refractivity contribution in [3.05, 3.63) is 0 Å². The van der Waals surface area contributed by atoms with Crippen LogP contribution in [0.5, 0.6) is 0 Å². The highest BCUT2D eigenvalue weighted by Gasteiger charge is 1.95. The molecule has 0 atom stereocenters. The van der Waals surface area contributed by atoms with Crippen LogP contribution < -0.4 is 0 Å². The number of rotatable bonds is 6. The summed E-state index contributed by atoms with van der Waals surface area (Å²) in [6.45, 7) is 11.8. The molecule has 0 aromatic heterocycles. The molecule has 0 aliphatic carbocycles. The smallest absolute Gasteiger partial charge is 0.0558 e. The van der Waals surface area contributed by atoms with Gasteiger partial charge >= 0.3 is 0 Å². The zero-order valence-electron chi connectivity index (χ0n) is 12.5. The summed E-state index contributed by atoms with van der Waals surface area (Å²) in [7, 11) is 0. The van der Waals surface area contributed by atoms with E-state index in [0.717, 1.165) is 45.7 Å². The largest absolute Gasteiger partial charge is 0.396 e. The summed E-state index contributed by atoms with van der Waals surface area (Å²) in [5, 5.41) is 16.5. The molecule has 0 spiro atoms. The van der Waals surface area contributed by atoms with E-state index in [1.54, 1.807) is 0 Å². The van der Waals surface area contributed by atoms with Crippen LogP contribution in [0, 0.1) is 0 Å². The highest BCUT2D eigenvalue weighted by Crippen LogP contribution is 1.98. The van der Waals surface area contributed by atoms with Crippen molar-refractivity contribution < 1.29 is 14.9 Å². The molecular formula is C14H33NO3. The van der Waals surface area contributed by atoms with E-state index < -0.39 is 0 Å². The summed E-state index contributed by atoms with van der Waals surface area (Å²) in [6.07, 6.45) is 4.59. The van der Waals surface area contributed by atoms with Crippen molar-refractivity contribution in [1.82, 2.24) is 4.90 Å². The highest BCUT2D eigenvalue weighted by atomic mass is 16.5. The Morgan fingerprint density at radius 2 is 1.50 bits per heavy atom. The monoisotopic (exact) mass is 263 g/mol. The van der Waals surface area contributed by atoms with Gasteiger partial charge in [0.2, 0.25) is 0 Å². The molecule has 0 aromatic carbocycles. The van der Waals surface area contributed by atoms with Crippen molar-refractivity contribution in [2.75, 3.05) is 46.1 Å². The van der Waals surface area contributed by atoms with Crippen LogP contribution in [0.4, 0.5) is 0 Å². The van der Waals surface area contributed by atoms with E-state index in [-0.39, 0.29) is 6.61 Å². The van der Waals surface area contributed by atoms with Gasteiger partial charge in [0.25, 0.3) is 0 Å². The maximum absolute atomic E-state index is 8.46. The maximum atomic E-state index is 8.46. The van der Waals surface area contributed by atoms with Gasteiger partial charge in [-0.05, 0) is 32.4 Å². The van der Waals surface area contributed by atoms with Crippen LogP contribution in [0.3, 0.4) is 0 Å². The number of aliphatic hydroxyl groups is 2. The summed E-state index contributed by atoms with van der Waals surface area (Å²) in [5.41, 5.74) is 0. The minimum absolute atomic E-state index is 0.279. The van der Waals surface area contributed by atoms with E-state index >= 15 is 0 Å². The first-order valence-electron chi connectivity index (χ1n) is 7.28. The molecule has 4 nitrogen and oxygen atoms in total. The van der Waals surface area contributed by atoms with Crippen LogP contribution in [-0.2, 0) is 4.74 Å². The number of unbranched alkanes of at least 4 members (excludes halogenated alkanes) is 1. The Morgan fingerprint density at radius 1 is 0.944 bits per heavy atom. The van der Waals surface area contributed by atoms with Gasteiger partial charge in [0.15, 0.2) is 0 Å². The van der Waals surface area contributed by atoms with Crippen LogP contribution in [0.1, 0.15) is 46.5 Å². The van der Waals surface area contributed by atoms with Crippen molar-refractivity contribution in [2.24, 2.45) is 0 Å². The van der Waals surface area contributed by atoms with E-state index in [1.165, 1.54) is 12.8 Å².